The second kappa shape index (κ2) is 9.30. The molecule has 4 nitrogen and oxygen atoms in total. The molecule has 0 saturated heterocycles. The lowest BCUT2D eigenvalue weighted by Gasteiger charge is -2.15. The Hall–Kier alpha value is -1.65. The van der Waals surface area contributed by atoms with E-state index in [9.17, 15) is 4.79 Å². The van der Waals surface area contributed by atoms with Crippen LogP contribution in [0.4, 0.5) is 0 Å². The van der Waals surface area contributed by atoms with Crippen molar-refractivity contribution in [2.75, 3.05) is 20.5 Å². The smallest absolute Gasteiger partial charge is 0.338 e. The molecule has 0 N–H and O–H groups in total. The number of carbonyl (C=O) groups excluding carboxylic acids is 1. The summed E-state index contributed by atoms with van der Waals surface area (Å²) in [4.78, 5) is 11.7. The number of methoxy groups -OCH3 is 1. The van der Waals surface area contributed by atoms with Crippen LogP contribution < -0.4 is 0 Å². The van der Waals surface area contributed by atoms with Gasteiger partial charge in [0.2, 0.25) is 0 Å². The molecule has 4 heteroatoms. The molecule has 0 fully saturated rings. The molecule has 104 valence electrons. The quantitative estimate of drug-likeness (QED) is 0.391. The maximum atomic E-state index is 11.7. The predicted molar refractivity (Wildman–Crippen MR) is 72.9 cm³/mol. The number of hydrogen-bond acceptors (Lipinski definition) is 4. The van der Waals surface area contributed by atoms with Gasteiger partial charge in [-0.25, -0.2) is 4.79 Å². The molecule has 0 saturated carbocycles. The van der Waals surface area contributed by atoms with Crippen molar-refractivity contribution in [2.45, 2.75) is 18.9 Å². The zero-order valence-electron chi connectivity index (χ0n) is 11.2. The minimum Gasteiger partial charge on any atom is -0.462 e. The highest BCUT2D eigenvalue weighted by molar-refractivity contribution is 5.89. The molecule has 19 heavy (non-hydrogen) atoms. The molecule has 1 atom stereocenters. The summed E-state index contributed by atoms with van der Waals surface area (Å²) >= 11 is 0. The van der Waals surface area contributed by atoms with Crippen LogP contribution in [0, 0.1) is 0 Å². The molecule has 1 aromatic rings. The lowest BCUT2D eigenvalue weighted by Crippen LogP contribution is -2.18. The molecule has 0 aliphatic rings. The highest BCUT2D eigenvalue weighted by Gasteiger charge is 2.10. The monoisotopic (exact) mass is 264 g/mol. The van der Waals surface area contributed by atoms with Gasteiger partial charge in [0.1, 0.15) is 6.79 Å². The first-order valence-corrected chi connectivity index (χ1v) is 6.21. The summed E-state index contributed by atoms with van der Waals surface area (Å²) in [6, 6.07) is 8.92. The third kappa shape index (κ3) is 6.18. The summed E-state index contributed by atoms with van der Waals surface area (Å²) in [5.41, 5.74) is 0.556. The molecule has 1 unspecified atom stereocenters. The Labute approximate surface area is 114 Å². The molecule has 0 bridgehead atoms. The second-order valence-corrected chi connectivity index (χ2v) is 4.01. The number of benzene rings is 1. The normalized spacial score (nSPS) is 11.8. The van der Waals surface area contributed by atoms with E-state index in [1.165, 1.54) is 0 Å². The van der Waals surface area contributed by atoms with E-state index < -0.39 is 0 Å². The van der Waals surface area contributed by atoms with Crippen LogP contribution in [-0.4, -0.2) is 32.6 Å². The van der Waals surface area contributed by atoms with Crippen LogP contribution >= 0.6 is 0 Å². The van der Waals surface area contributed by atoms with E-state index >= 15 is 0 Å². The van der Waals surface area contributed by atoms with Gasteiger partial charge in [-0.3, -0.25) is 0 Å². The first kappa shape index (κ1) is 15.4. The van der Waals surface area contributed by atoms with Crippen molar-refractivity contribution in [2.24, 2.45) is 0 Å². The zero-order valence-corrected chi connectivity index (χ0v) is 11.2. The summed E-state index contributed by atoms with van der Waals surface area (Å²) in [7, 11) is 1.57. The summed E-state index contributed by atoms with van der Waals surface area (Å²) in [5.74, 6) is -0.315. The van der Waals surface area contributed by atoms with E-state index in [1.54, 1.807) is 37.5 Å². The fourth-order valence-electron chi connectivity index (χ4n) is 1.56. The summed E-state index contributed by atoms with van der Waals surface area (Å²) in [6.07, 6.45) is 3.06. The lowest BCUT2D eigenvalue weighted by atomic mass is 10.2. The van der Waals surface area contributed by atoms with Crippen LogP contribution in [0.2, 0.25) is 0 Å². The van der Waals surface area contributed by atoms with E-state index in [2.05, 4.69) is 6.58 Å². The van der Waals surface area contributed by atoms with Crippen LogP contribution in [0.5, 0.6) is 0 Å². The van der Waals surface area contributed by atoms with E-state index in [0.717, 1.165) is 0 Å². The first-order chi connectivity index (χ1) is 9.27. The van der Waals surface area contributed by atoms with Gasteiger partial charge in [0.05, 0.1) is 18.3 Å². The highest BCUT2D eigenvalue weighted by Crippen LogP contribution is 2.07. The minimum absolute atomic E-state index is 0.0407. The Morgan fingerprint density at radius 2 is 2.11 bits per heavy atom. The molecule has 0 amide bonds. The SMILES string of the molecule is C=CCC(CCOC(=O)c1ccccc1)OCOC. The van der Waals surface area contributed by atoms with Crippen LogP contribution in [-0.2, 0) is 14.2 Å². The number of carbonyl (C=O) groups is 1. The van der Waals surface area contributed by atoms with Gasteiger partial charge < -0.3 is 14.2 Å². The molecular formula is C15H20O4. The maximum absolute atomic E-state index is 11.7. The average Bonchev–Trinajstić information content (AvgIpc) is 2.45. The van der Waals surface area contributed by atoms with E-state index in [0.29, 0.717) is 25.0 Å². The van der Waals surface area contributed by atoms with Crippen molar-refractivity contribution < 1.29 is 19.0 Å². The largest absolute Gasteiger partial charge is 0.462 e. The number of hydrogen-bond donors (Lipinski definition) is 0. The molecule has 0 aliphatic carbocycles. The fraction of sp³-hybridized carbons (Fsp3) is 0.400. The molecule has 1 rings (SSSR count). The number of ether oxygens (including phenoxy) is 3. The summed E-state index contributed by atoms with van der Waals surface area (Å²) in [6.45, 7) is 4.21. The van der Waals surface area contributed by atoms with E-state index in [1.807, 2.05) is 6.07 Å². The fourth-order valence-corrected chi connectivity index (χ4v) is 1.56. The Balaban J connectivity index is 2.31. The topological polar surface area (TPSA) is 44.8 Å². The minimum atomic E-state index is -0.315. The van der Waals surface area contributed by atoms with Crippen molar-refractivity contribution >= 4 is 5.97 Å². The van der Waals surface area contributed by atoms with Crippen molar-refractivity contribution in [3.05, 3.63) is 48.6 Å². The molecule has 0 aromatic heterocycles. The van der Waals surface area contributed by atoms with Crippen LogP contribution in [0.15, 0.2) is 43.0 Å². The molecular weight excluding hydrogens is 244 g/mol. The zero-order chi connectivity index (χ0) is 13.9. The Kier molecular flexibility index (Phi) is 7.54. The van der Waals surface area contributed by atoms with Gasteiger partial charge in [-0.1, -0.05) is 24.3 Å². The van der Waals surface area contributed by atoms with E-state index in [-0.39, 0.29) is 18.9 Å². The molecule has 0 radical (unpaired) electrons. The first-order valence-electron chi connectivity index (χ1n) is 6.21. The van der Waals surface area contributed by atoms with Gasteiger partial charge in [-0.15, -0.1) is 6.58 Å². The van der Waals surface area contributed by atoms with Crippen molar-refractivity contribution in [3.8, 4) is 0 Å². The van der Waals surface area contributed by atoms with Gasteiger partial charge in [0, 0.05) is 13.5 Å². The molecule has 0 aliphatic heterocycles. The third-order valence-corrected chi connectivity index (χ3v) is 2.53. The summed E-state index contributed by atoms with van der Waals surface area (Å²) in [5, 5.41) is 0. The predicted octanol–water partition coefficient (Wildman–Crippen LogP) is 2.80. The standard InChI is InChI=1S/C15H20O4/c1-3-7-14(19-12-17-2)10-11-18-15(16)13-8-5-4-6-9-13/h3-6,8-9,14H,1,7,10-12H2,2H3. The number of rotatable bonds is 9. The Bertz CT molecular complexity index is 375. The van der Waals surface area contributed by atoms with Gasteiger partial charge >= 0.3 is 5.97 Å². The van der Waals surface area contributed by atoms with Gasteiger partial charge in [0.15, 0.2) is 0 Å². The van der Waals surface area contributed by atoms with Crippen molar-refractivity contribution in [3.63, 3.8) is 0 Å². The summed E-state index contributed by atoms with van der Waals surface area (Å²) < 4.78 is 15.5. The van der Waals surface area contributed by atoms with Gasteiger partial charge in [0.25, 0.3) is 0 Å². The third-order valence-electron chi connectivity index (χ3n) is 2.53. The highest BCUT2D eigenvalue weighted by atomic mass is 16.7. The molecule has 0 spiro atoms. The van der Waals surface area contributed by atoms with Crippen LogP contribution in [0.1, 0.15) is 23.2 Å². The van der Waals surface area contributed by atoms with Gasteiger partial charge in [-0.05, 0) is 18.6 Å². The van der Waals surface area contributed by atoms with Crippen LogP contribution in [0.3, 0.4) is 0 Å². The number of esters is 1. The Morgan fingerprint density at radius 1 is 1.37 bits per heavy atom. The van der Waals surface area contributed by atoms with E-state index in [4.69, 9.17) is 14.2 Å². The lowest BCUT2D eigenvalue weighted by molar-refractivity contribution is -0.0768. The molecule has 0 heterocycles. The molecule has 1 aromatic carbocycles. The Morgan fingerprint density at radius 3 is 2.74 bits per heavy atom. The average molecular weight is 264 g/mol. The maximum Gasteiger partial charge on any atom is 0.338 e. The van der Waals surface area contributed by atoms with Gasteiger partial charge in [-0.2, -0.15) is 0 Å². The van der Waals surface area contributed by atoms with Crippen molar-refractivity contribution in [1.82, 2.24) is 0 Å². The van der Waals surface area contributed by atoms with Crippen LogP contribution in [0.25, 0.3) is 0 Å². The van der Waals surface area contributed by atoms with Crippen molar-refractivity contribution in [1.29, 1.82) is 0 Å². The second-order valence-electron chi connectivity index (χ2n) is 4.01.